The van der Waals surface area contributed by atoms with Gasteiger partial charge in [-0.05, 0) is 36.5 Å². The zero-order valence-corrected chi connectivity index (χ0v) is 17.5. The molecule has 8 heteroatoms. The maximum Gasteiger partial charge on any atom is 0.258 e. The van der Waals surface area contributed by atoms with Gasteiger partial charge in [0.15, 0.2) is 0 Å². The number of rotatable bonds is 5. The molecule has 1 aromatic carbocycles. The zero-order valence-electron chi connectivity index (χ0n) is 16.0. The minimum atomic E-state index is -0.202. The number of imide groups is 1. The molecule has 1 saturated carbocycles. The lowest BCUT2D eigenvalue weighted by Gasteiger charge is -2.36. The topological polar surface area (TPSA) is 53.1 Å². The lowest BCUT2D eigenvalue weighted by molar-refractivity contribution is -0.191. The van der Waals surface area contributed by atoms with Gasteiger partial charge in [-0.25, -0.2) is 0 Å². The second kappa shape index (κ2) is 7.58. The highest BCUT2D eigenvalue weighted by Gasteiger charge is 2.60. The predicted molar refractivity (Wildman–Crippen MR) is 111 cm³/mol. The molecule has 2 heterocycles. The van der Waals surface area contributed by atoms with Crippen LogP contribution in [-0.4, -0.2) is 61.1 Å². The van der Waals surface area contributed by atoms with Gasteiger partial charge in [0.1, 0.15) is 0 Å². The third-order valence-electron chi connectivity index (χ3n) is 6.70. The molecule has 2 amide bonds. The Hall–Kier alpha value is -1.60. The number of allylic oxidation sites excluding steroid dienone is 2. The van der Waals surface area contributed by atoms with Gasteiger partial charge in [-0.3, -0.25) is 19.3 Å². The van der Waals surface area contributed by atoms with Gasteiger partial charge in [0.25, 0.3) is 11.8 Å². The summed E-state index contributed by atoms with van der Waals surface area (Å²) in [6, 6.07) is 5.70. The van der Waals surface area contributed by atoms with Gasteiger partial charge in [0, 0.05) is 38.4 Å². The Morgan fingerprint density at radius 1 is 0.931 bits per heavy atom. The maximum absolute atomic E-state index is 12.6. The number of hydrogen-bond donors (Lipinski definition) is 0. The van der Waals surface area contributed by atoms with E-state index in [1.165, 1.54) is 0 Å². The first kappa shape index (κ1) is 19.4. The fraction of sp³-hybridized carbons (Fsp3) is 0.524. The quantitative estimate of drug-likeness (QED) is 0.525. The summed E-state index contributed by atoms with van der Waals surface area (Å²) < 4.78 is 0. The molecule has 2 saturated heterocycles. The number of hydroxylamine groups is 2. The van der Waals surface area contributed by atoms with E-state index in [1.54, 1.807) is 0 Å². The Bertz CT molecular complexity index is 839. The Morgan fingerprint density at radius 3 is 2.21 bits per heavy atom. The third-order valence-corrected chi connectivity index (χ3v) is 7.44. The van der Waals surface area contributed by atoms with Crippen molar-refractivity contribution < 1.29 is 14.4 Å². The monoisotopic (exact) mass is 435 g/mol. The first-order valence-electron chi connectivity index (χ1n) is 10.1. The fourth-order valence-corrected chi connectivity index (χ4v) is 5.47. The van der Waals surface area contributed by atoms with Crippen molar-refractivity contribution in [3.8, 4) is 0 Å². The second-order valence-corrected chi connectivity index (χ2v) is 9.05. The molecule has 0 spiro atoms. The van der Waals surface area contributed by atoms with Crippen LogP contribution in [0.2, 0.25) is 10.0 Å². The molecule has 4 unspecified atom stereocenters. The highest BCUT2D eigenvalue weighted by molar-refractivity contribution is 6.42. The third kappa shape index (κ3) is 3.36. The van der Waals surface area contributed by atoms with E-state index >= 15 is 0 Å². The van der Waals surface area contributed by atoms with E-state index in [9.17, 15) is 9.59 Å². The highest BCUT2D eigenvalue weighted by atomic mass is 35.5. The van der Waals surface area contributed by atoms with Crippen LogP contribution in [0.4, 0.5) is 5.69 Å². The minimum Gasteiger partial charge on any atom is -0.369 e. The molecule has 2 bridgehead atoms. The summed E-state index contributed by atoms with van der Waals surface area (Å²) >= 11 is 12.1. The molecule has 4 atom stereocenters. The Balaban J connectivity index is 1.10. The highest BCUT2D eigenvalue weighted by Crippen LogP contribution is 2.52. The smallest absolute Gasteiger partial charge is 0.258 e. The first-order valence-corrected chi connectivity index (χ1v) is 10.9. The van der Waals surface area contributed by atoms with E-state index in [-0.39, 0.29) is 35.5 Å². The fourth-order valence-electron chi connectivity index (χ4n) is 5.17. The summed E-state index contributed by atoms with van der Waals surface area (Å²) in [5.41, 5.74) is 1.07. The van der Waals surface area contributed by atoms with Crippen LogP contribution in [0.25, 0.3) is 0 Å². The molecule has 0 aromatic heterocycles. The largest absolute Gasteiger partial charge is 0.369 e. The maximum atomic E-state index is 12.6. The molecule has 2 aliphatic heterocycles. The number of carbonyl (C=O) groups excluding carboxylic acids is 2. The van der Waals surface area contributed by atoms with Crippen molar-refractivity contribution in [3.05, 3.63) is 40.4 Å². The lowest BCUT2D eigenvalue weighted by atomic mass is 9.85. The van der Waals surface area contributed by atoms with Crippen molar-refractivity contribution in [1.29, 1.82) is 0 Å². The number of piperazine rings is 1. The SMILES string of the molecule is O=C1C2C3C=CC(C3)C2C(=O)N1OCCN1CCN(c2ccc(Cl)c(Cl)c2)CC1. The molecule has 1 aromatic rings. The number of fused-ring (bicyclic) bond motifs is 5. The standard InChI is InChI=1S/C21H23Cl2N3O3/c22-16-4-3-15(12-17(16)23)25-7-5-24(6-8-25)9-10-29-26-20(27)18-13-1-2-14(11-13)19(18)21(26)28/h1-4,12-14,18-19H,5-11H2. The van der Waals surface area contributed by atoms with Crippen LogP contribution in [0.3, 0.4) is 0 Å². The number of benzene rings is 1. The van der Waals surface area contributed by atoms with Crippen LogP contribution >= 0.6 is 23.2 Å². The van der Waals surface area contributed by atoms with E-state index in [0.29, 0.717) is 23.2 Å². The van der Waals surface area contributed by atoms with E-state index < -0.39 is 0 Å². The Labute approximate surface area is 179 Å². The summed E-state index contributed by atoms with van der Waals surface area (Å²) in [5.74, 6) is -0.281. The van der Waals surface area contributed by atoms with Crippen molar-refractivity contribution in [2.45, 2.75) is 6.42 Å². The molecular weight excluding hydrogens is 413 g/mol. The molecule has 6 nitrogen and oxygen atoms in total. The molecule has 154 valence electrons. The zero-order chi connectivity index (χ0) is 20.1. The Morgan fingerprint density at radius 2 is 1.59 bits per heavy atom. The number of hydrogen-bond acceptors (Lipinski definition) is 5. The molecule has 29 heavy (non-hydrogen) atoms. The Kier molecular flexibility index (Phi) is 5.06. The van der Waals surface area contributed by atoms with Crippen LogP contribution in [-0.2, 0) is 14.4 Å². The summed E-state index contributed by atoms with van der Waals surface area (Å²) in [4.78, 5) is 35.5. The molecule has 0 N–H and O–H groups in total. The van der Waals surface area contributed by atoms with Crippen molar-refractivity contribution in [1.82, 2.24) is 9.96 Å². The van der Waals surface area contributed by atoms with Crippen molar-refractivity contribution in [2.75, 3.05) is 44.2 Å². The van der Waals surface area contributed by atoms with Gasteiger partial charge < -0.3 is 4.90 Å². The first-order chi connectivity index (χ1) is 14.0. The number of amides is 2. The number of halogens is 2. The van der Waals surface area contributed by atoms with E-state index in [1.807, 2.05) is 18.2 Å². The van der Waals surface area contributed by atoms with Gasteiger partial charge in [0.05, 0.1) is 28.5 Å². The second-order valence-electron chi connectivity index (χ2n) is 8.23. The van der Waals surface area contributed by atoms with E-state index in [2.05, 4.69) is 22.0 Å². The van der Waals surface area contributed by atoms with E-state index in [0.717, 1.165) is 43.4 Å². The number of anilines is 1. The number of nitrogens with zero attached hydrogens (tertiary/aromatic N) is 3. The number of carbonyl (C=O) groups is 2. The van der Waals surface area contributed by atoms with Crippen molar-refractivity contribution in [2.24, 2.45) is 23.7 Å². The molecule has 0 radical (unpaired) electrons. The average Bonchev–Trinajstić information content (AvgIpc) is 3.40. The van der Waals surface area contributed by atoms with Crippen LogP contribution in [0.1, 0.15) is 6.42 Å². The molecule has 3 fully saturated rings. The minimum absolute atomic E-state index is 0.152. The van der Waals surface area contributed by atoms with Gasteiger partial charge in [0.2, 0.25) is 0 Å². The van der Waals surface area contributed by atoms with Crippen LogP contribution in [0, 0.1) is 23.7 Å². The lowest BCUT2D eigenvalue weighted by Crippen LogP contribution is -2.48. The van der Waals surface area contributed by atoms with E-state index in [4.69, 9.17) is 28.0 Å². The van der Waals surface area contributed by atoms with Gasteiger partial charge in [-0.15, -0.1) is 0 Å². The van der Waals surface area contributed by atoms with Gasteiger partial charge >= 0.3 is 0 Å². The van der Waals surface area contributed by atoms with Gasteiger partial charge in [-0.1, -0.05) is 35.4 Å². The molecule has 5 rings (SSSR count). The summed E-state index contributed by atoms with van der Waals surface area (Å²) in [6.07, 6.45) is 5.12. The summed E-state index contributed by atoms with van der Waals surface area (Å²) in [7, 11) is 0. The predicted octanol–water partition coefficient (Wildman–Crippen LogP) is 2.85. The van der Waals surface area contributed by atoms with Crippen molar-refractivity contribution in [3.63, 3.8) is 0 Å². The molecule has 2 aliphatic carbocycles. The average molecular weight is 436 g/mol. The normalized spacial score (nSPS) is 31.2. The van der Waals surface area contributed by atoms with Crippen molar-refractivity contribution >= 4 is 40.7 Å². The van der Waals surface area contributed by atoms with Gasteiger partial charge in [-0.2, -0.15) is 5.06 Å². The van der Waals surface area contributed by atoms with Crippen LogP contribution in [0.15, 0.2) is 30.4 Å². The summed E-state index contributed by atoms with van der Waals surface area (Å²) in [5, 5.41) is 2.17. The summed E-state index contributed by atoms with van der Waals surface area (Å²) in [6.45, 7) is 4.53. The molecular formula is C21H23Cl2N3O3. The molecule has 4 aliphatic rings. The van der Waals surface area contributed by atoms with Crippen LogP contribution in [0.5, 0.6) is 0 Å². The van der Waals surface area contributed by atoms with Crippen LogP contribution < -0.4 is 4.90 Å².